The lowest BCUT2D eigenvalue weighted by atomic mass is 9.61. The van der Waals surface area contributed by atoms with Crippen molar-refractivity contribution in [3.63, 3.8) is 0 Å². The van der Waals surface area contributed by atoms with Crippen LogP contribution in [-0.2, 0) is 10.1 Å². The number of nitrogens with two attached hydrogens (primary N) is 1. The van der Waals surface area contributed by atoms with Crippen molar-refractivity contribution in [1.29, 1.82) is 0 Å². The van der Waals surface area contributed by atoms with Gasteiger partial charge < -0.3 is 11.1 Å². The van der Waals surface area contributed by atoms with Gasteiger partial charge in [0.2, 0.25) is 0 Å². The van der Waals surface area contributed by atoms with Crippen LogP contribution in [0.25, 0.3) is 5.57 Å². The minimum Gasteiger partial charge on any atom is -0.399 e. The maximum Gasteiger partial charge on any atom is 0.264 e. The Kier molecular flexibility index (Phi) is 5.66. The summed E-state index contributed by atoms with van der Waals surface area (Å²) in [7, 11) is -3.90. The number of hydrogen-bond donors (Lipinski definition) is 3. The van der Waals surface area contributed by atoms with E-state index in [1.807, 2.05) is 12.1 Å². The van der Waals surface area contributed by atoms with Crippen LogP contribution in [0.2, 0.25) is 0 Å². The number of benzene rings is 1. The summed E-state index contributed by atoms with van der Waals surface area (Å²) in [6, 6.07) is 8.19. The molecule has 0 saturated carbocycles. The molecule has 0 amide bonds. The zero-order valence-corrected chi connectivity index (χ0v) is 16.4. The van der Waals surface area contributed by atoms with Crippen LogP contribution in [0.3, 0.4) is 0 Å². The van der Waals surface area contributed by atoms with E-state index in [0.29, 0.717) is 13.0 Å². The van der Waals surface area contributed by atoms with E-state index in [1.165, 1.54) is 11.1 Å². The summed E-state index contributed by atoms with van der Waals surface area (Å²) in [6.45, 7) is 9.43. The molecule has 1 aromatic carbocycles. The summed E-state index contributed by atoms with van der Waals surface area (Å²) in [6.07, 6.45) is 3.64. The highest BCUT2D eigenvalue weighted by atomic mass is 32.2. The lowest BCUT2D eigenvalue weighted by Crippen LogP contribution is -2.53. The van der Waals surface area contributed by atoms with Gasteiger partial charge in [0.05, 0.1) is 5.75 Å². The molecule has 25 heavy (non-hydrogen) atoms. The number of allylic oxidation sites excluding steroid dienone is 1. The molecule has 140 valence electrons. The molecule has 0 saturated heterocycles. The largest absolute Gasteiger partial charge is 0.399 e. The van der Waals surface area contributed by atoms with Crippen molar-refractivity contribution in [2.45, 2.75) is 46.6 Å². The molecule has 5 nitrogen and oxygen atoms in total. The maximum absolute atomic E-state index is 10.9. The minimum atomic E-state index is -3.90. The van der Waals surface area contributed by atoms with Gasteiger partial charge in [0.15, 0.2) is 0 Å². The molecule has 0 heterocycles. The van der Waals surface area contributed by atoms with Crippen LogP contribution in [0.4, 0.5) is 5.69 Å². The molecule has 0 aliphatic heterocycles. The number of hydrogen-bond acceptors (Lipinski definition) is 4. The lowest BCUT2D eigenvalue weighted by molar-refractivity contribution is 0.138. The second-order valence-electron chi connectivity index (χ2n) is 8.31. The average molecular weight is 367 g/mol. The third kappa shape index (κ3) is 5.30. The van der Waals surface area contributed by atoms with Crippen LogP contribution in [0.5, 0.6) is 0 Å². The Morgan fingerprint density at radius 3 is 2.32 bits per heavy atom. The van der Waals surface area contributed by atoms with E-state index in [0.717, 1.165) is 12.1 Å². The average Bonchev–Trinajstić information content (AvgIpc) is 2.43. The molecule has 1 aliphatic carbocycles. The summed E-state index contributed by atoms with van der Waals surface area (Å²) in [5.74, 6) is -0.208. The lowest BCUT2D eigenvalue weighted by Gasteiger charge is -2.48. The summed E-state index contributed by atoms with van der Waals surface area (Å²) in [4.78, 5) is 0. The van der Waals surface area contributed by atoms with Gasteiger partial charge in [-0.1, -0.05) is 45.9 Å². The molecule has 1 unspecified atom stereocenters. The fourth-order valence-corrected chi connectivity index (χ4v) is 4.62. The Hall–Kier alpha value is -1.37. The Morgan fingerprint density at radius 2 is 1.80 bits per heavy atom. The quantitative estimate of drug-likeness (QED) is 0.408. The van der Waals surface area contributed by atoms with Gasteiger partial charge >= 0.3 is 0 Å². The second-order valence-corrected chi connectivity index (χ2v) is 9.88. The van der Waals surface area contributed by atoms with Crippen molar-refractivity contribution in [2.24, 2.45) is 10.8 Å². The van der Waals surface area contributed by atoms with Crippen molar-refractivity contribution >= 4 is 21.4 Å². The number of nitrogens with one attached hydrogen (secondary N) is 1. The van der Waals surface area contributed by atoms with Crippen LogP contribution in [0.15, 0.2) is 30.3 Å². The van der Waals surface area contributed by atoms with E-state index in [2.05, 4.69) is 51.2 Å². The van der Waals surface area contributed by atoms with Crippen molar-refractivity contribution < 1.29 is 13.0 Å². The van der Waals surface area contributed by atoms with Gasteiger partial charge in [0.1, 0.15) is 0 Å². The molecule has 0 spiro atoms. The summed E-state index contributed by atoms with van der Waals surface area (Å²) >= 11 is 0. The van der Waals surface area contributed by atoms with Crippen LogP contribution in [-0.4, -0.2) is 31.3 Å². The van der Waals surface area contributed by atoms with Crippen LogP contribution in [0, 0.1) is 10.8 Å². The highest BCUT2D eigenvalue weighted by molar-refractivity contribution is 7.85. The fourth-order valence-electron chi connectivity index (χ4n) is 4.11. The molecule has 1 aliphatic rings. The third-order valence-electron chi connectivity index (χ3n) is 4.93. The molecule has 1 aromatic rings. The molecule has 0 aromatic heterocycles. The third-order valence-corrected chi connectivity index (χ3v) is 5.73. The molecule has 0 fully saturated rings. The smallest absolute Gasteiger partial charge is 0.264 e. The zero-order chi connectivity index (χ0) is 18.9. The van der Waals surface area contributed by atoms with E-state index in [1.54, 1.807) is 0 Å². The number of nitrogen functional groups attached to an aromatic ring is 1. The normalized spacial score (nSPS) is 22.4. The van der Waals surface area contributed by atoms with Crippen molar-refractivity contribution in [3.8, 4) is 0 Å². The van der Waals surface area contributed by atoms with Gasteiger partial charge in [-0.05, 0) is 53.5 Å². The molecular weight excluding hydrogens is 336 g/mol. The maximum atomic E-state index is 10.9. The monoisotopic (exact) mass is 366 g/mol. The Balaban J connectivity index is 2.16. The van der Waals surface area contributed by atoms with Gasteiger partial charge in [-0.25, -0.2) is 0 Å². The standard InChI is InChI=1S/C19H30N2O3S/c1-18(2)12-15(14-6-8-16(20)9-7-14)13-19(3,4)17(18)21-10-5-11-25(22,23)24/h6-9,12,17,21H,5,10-11,13,20H2,1-4H3,(H,22,23,24). The van der Waals surface area contributed by atoms with E-state index >= 15 is 0 Å². The zero-order valence-electron chi connectivity index (χ0n) is 15.5. The predicted octanol–water partition coefficient (Wildman–Crippen LogP) is 3.34. The molecule has 4 N–H and O–H groups in total. The van der Waals surface area contributed by atoms with Crippen LogP contribution in [0.1, 0.15) is 46.1 Å². The molecule has 1 atom stereocenters. The van der Waals surface area contributed by atoms with E-state index in [4.69, 9.17) is 10.3 Å². The van der Waals surface area contributed by atoms with Crippen molar-refractivity contribution in [2.75, 3.05) is 18.0 Å². The molecule has 6 heteroatoms. The van der Waals surface area contributed by atoms with Crippen LogP contribution < -0.4 is 11.1 Å². The first-order chi connectivity index (χ1) is 11.4. The van der Waals surface area contributed by atoms with Gasteiger partial charge in [0, 0.05) is 11.7 Å². The molecular formula is C19H30N2O3S. The van der Waals surface area contributed by atoms with Gasteiger partial charge in [-0.2, -0.15) is 8.42 Å². The first-order valence-electron chi connectivity index (χ1n) is 8.67. The molecule has 0 bridgehead atoms. The summed E-state index contributed by atoms with van der Waals surface area (Å²) in [5.41, 5.74) is 8.98. The number of rotatable bonds is 6. The topological polar surface area (TPSA) is 92.4 Å². The van der Waals surface area contributed by atoms with Gasteiger partial charge in [0.25, 0.3) is 10.1 Å². The summed E-state index contributed by atoms with van der Waals surface area (Å²) < 4.78 is 30.6. The SMILES string of the molecule is CC1(C)C=C(c2ccc(N)cc2)CC(C)(C)C1NCCCS(=O)(=O)O. The van der Waals surface area contributed by atoms with Gasteiger partial charge in [-0.3, -0.25) is 4.55 Å². The Bertz CT molecular complexity index is 734. The van der Waals surface area contributed by atoms with Gasteiger partial charge in [-0.15, -0.1) is 0 Å². The minimum absolute atomic E-state index is 0.00700. The number of anilines is 1. The Labute approximate surface area is 151 Å². The van der Waals surface area contributed by atoms with Crippen molar-refractivity contribution in [3.05, 3.63) is 35.9 Å². The van der Waals surface area contributed by atoms with E-state index < -0.39 is 10.1 Å². The molecule has 2 rings (SSSR count). The first kappa shape index (κ1) is 19.9. The fraction of sp³-hybridized carbons (Fsp3) is 0.579. The highest BCUT2D eigenvalue weighted by Gasteiger charge is 2.43. The first-order valence-corrected chi connectivity index (χ1v) is 10.3. The van der Waals surface area contributed by atoms with Crippen molar-refractivity contribution in [1.82, 2.24) is 5.32 Å². The van der Waals surface area contributed by atoms with Crippen LogP contribution >= 0.6 is 0 Å². The van der Waals surface area contributed by atoms with E-state index in [-0.39, 0.29) is 22.6 Å². The Morgan fingerprint density at radius 1 is 1.20 bits per heavy atom. The van der Waals surface area contributed by atoms with E-state index in [9.17, 15) is 8.42 Å². The highest BCUT2D eigenvalue weighted by Crippen LogP contribution is 2.47. The predicted molar refractivity (Wildman–Crippen MR) is 104 cm³/mol. The second kappa shape index (κ2) is 7.09. The molecule has 0 radical (unpaired) electrons. The summed E-state index contributed by atoms with van der Waals surface area (Å²) in [5, 5.41) is 3.52.